The lowest BCUT2D eigenvalue weighted by molar-refractivity contribution is 0.0608. The first kappa shape index (κ1) is 17.9. The molecule has 0 bridgehead atoms. The number of ether oxygens (including phenoxy) is 5. The van der Waals surface area contributed by atoms with E-state index in [1.54, 1.807) is 14.2 Å². The van der Waals surface area contributed by atoms with Crippen LogP contribution in [0.15, 0.2) is 36.4 Å². The molecule has 6 nitrogen and oxygen atoms in total. The highest BCUT2D eigenvalue weighted by atomic mass is 16.7. The highest BCUT2D eigenvalue weighted by Gasteiger charge is 2.35. The lowest BCUT2D eigenvalue weighted by Gasteiger charge is -2.39. The average Bonchev–Trinajstić information content (AvgIpc) is 3.20. The van der Waals surface area contributed by atoms with Gasteiger partial charge in [-0.2, -0.15) is 0 Å². The van der Waals surface area contributed by atoms with Gasteiger partial charge in [-0.3, -0.25) is 0 Å². The molecule has 0 spiro atoms. The van der Waals surface area contributed by atoms with Crippen molar-refractivity contribution in [3.05, 3.63) is 42.0 Å². The molecule has 0 saturated heterocycles. The van der Waals surface area contributed by atoms with Crippen LogP contribution in [0.25, 0.3) is 21.9 Å². The zero-order valence-electron chi connectivity index (χ0n) is 16.9. The van der Waals surface area contributed by atoms with Crippen molar-refractivity contribution in [3.63, 3.8) is 0 Å². The molecule has 150 valence electrons. The zero-order chi connectivity index (χ0) is 20.1. The van der Waals surface area contributed by atoms with Crippen LogP contribution in [0.3, 0.4) is 0 Å². The largest absolute Gasteiger partial charge is 0.493 e. The molecule has 0 N–H and O–H groups in total. The van der Waals surface area contributed by atoms with Crippen LogP contribution < -0.4 is 23.8 Å². The summed E-state index contributed by atoms with van der Waals surface area (Å²) in [5.41, 5.74) is 4.27. The van der Waals surface area contributed by atoms with E-state index in [9.17, 15) is 0 Å². The van der Waals surface area contributed by atoms with Gasteiger partial charge in [0.25, 0.3) is 0 Å². The topological polar surface area (TPSA) is 49.4 Å². The third kappa shape index (κ3) is 2.52. The van der Waals surface area contributed by atoms with Gasteiger partial charge in [0, 0.05) is 24.6 Å². The van der Waals surface area contributed by atoms with E-state index in [0.717, 1.165) is 44.6 Å². The Morgan fingerprint density at radius 1 is 1.00 bits per heavy atom. The standard InChI is InChI=1S/C23H23NO5/c1-5-27-23-20-14(8-9-17(25-3)22(20)26-4)15-7-6-13-10-18-19(29-12-28-18)11-16(13)21(15)24(23)2/h6-11,23H,5,12H2,1-4H3/t23-/m1/s1. The number of nitrogens with zero attached hydrogens (tertiary/aromatic N) is 1. The second-order valence-corrected chi connectivity index (χ2v) is 7.07. The molecule has 0 saturated carbocycles. The SMILES string of the molecule is CCO[C@@H]1c2c(ccc(OC)c2OC)-c2ccc3cc4c(cc3c2N1C)OCO4. The molecule has 0 aliphatic carbocycles. The van der Waals surface area contributed by atoms with Crippen LogP contribution >= 0.6 is 0 Å². The fourth-order valence-corrected chi connectivity index (χ4v) is 4.39. The van der Waals surface area contributed by atoms with E-state index < -0.39 is 0 Å². The van der Waals surface area contributed by atoms with Crippen molar-refractivity contribution in [1.82, 2.24) is 0 Å². The second-order valence-electron chi connectivity index (χ2n) is 7.07. The third-order valence-electron chi connectivity index (χ3n) is 5.63. The molecule has 0 radical (unpaired) electrons. The summed E-state index contributed by atoms with van der Waals surface area (Å²) in [4.78, 5) is 2.16. The summed E-state index contributed by atoms with van der Waals surface area (Å²) in [7, 11) is 5.36. The normalized spacial score (nSPS) is 16.6. The van der Waals surface area contributed by atoms with Gasteiger partial charge in [-0.05, 0) is 42.1 Å². The van der Waals surface area contributed by atoms with E-state index in [4.69, 9.17) is 23.7 Å². The number of hydrogen-bond acceptors (Lipinski definition) is 6. The molecule has 1 atom stereocenters. The van der Waals surface area contributed by atoms with Gasteiger partial charge < -0.3 is 28.6 Å². The quantitative estimate of drug-likeness (QED) is 0.638. The van der Waals surface area contributed by atoms with Crippen LogP contribution in [-0.2, 0) is 4.74 Å². The highest BCUT2D eigenvalue weighted by molar-refractivity contribution is 6.05. The molecule has 0 amide bonds. The van der Waals surface area contributed by atoms with Crippen LogP contribution in [0, 0.1) is 0 Å². The number of benzene rings is 3. The van der Waals surface area contributed by atoms with E-state index in [1.165, 1.54) is 0 Å². The van der Waals surface area contributed by atoms with Crippen LogP contribution in [-0.4, -0.2) is 34.7 Å². The fourth-order valence-electron chi connectivity index (χ4n) is 4.39. The number of fused-ring (bicyclic) bond motifs is 6. The molecule has 0 unspecified atom stereocenters. The number of methoxy groups -OCH3 is 2. The summed E-state index contributed by atoms with van der Waals surface area (Å²) < 4.78 is 28.7. The van der Waals surface area contributed by atoms with Crippen molar-refractivity contribution >= 4 is 16.5 Å². The van der Waals surface area contributed by atoms with Crippen LogP contribution in [0.1, 0.15) is 18.7 Å². The Hall–Kier alpha value is -3.12. The molecule has 3 aromatic rings. The Kier molecular flexibility index (Phi) is 4.17. The molecular weight excluding hydrogens is 370 g/mol. The van der Waals surface area contributed by atoms with E-state index in [2.05, 4.69) is 29.2 Å². The molecule has 3 aromatic carbocycles. The Balaban J connectivity index is 1.83. The molecule has 5 rings (SSSR count). The van der Waals surface area contributed by atoms with Crippen LogP contribution in [0.5, 0.6) is 23.0 Å². The predicted octanol–water partition coefficient (Wildman–Crippen LogP) is 4.74. The number of hydrogen-bond donors (Lipinski definition) is 0. The van der Waals surface area contributed by atoms with Gasteiger partial charge >= 0.3 is 0 Å². The maximum atomic E-state index is 6.20. The zero-order valence-corrected chi connectivity index (χ0v) is 16.9. The summed E-state index contributed by atoms with van der Waals surface area (Å²) in [5, 5.41) is 2.19. The molecule has 2 heterocycles. The second kappa shape index (κ2) is 6.74. The Morgan fingerprint density at radius 2 is 1.76 bits per heavy atom. The Bertz CT molecular complexity index is 1110. The van der Waals surface area contributed by atoms with Gasteiger partial charge in [0.15, 0.2) is 29.2 Å². The van der Waals surface area contributed by atoms with Crippen molar-refractivity contribution in [2.24, 2.45) is 0 Å². The minimum atomic E-state index is -0.302. The third-order valence-corrected chi connectivity index (χ3v) is 5.63. The number of anilines is 1. The van der Waals surface area contributed by atoms with Crippen molar-refractivity contribution < 1.29 is 23.7 Å². The van der Waals surface area contributed by atoms with Gasteiger partial charge in [0.05, 0.1) is 25.5 Å². The van der Waals surface area contributed by atoms with Gasteiger partial charge in [-0.15, -0.1) is 0 Å². The van der Waals surface area contributed by atoms with E-state index in [-0.39, 0.29) is 13.0 Å². The Morgan fingerprint density at radius 3 is 2.48 bits per heavy atom. The minimum Gasteiger partial charge on any atom is -0.493 e. The Labute approximate surface area is 169 Å². The summed E-state index contributed by atoms with van der Waals surface area (Å²) in [5.74, 6) is 2.94. The van der Waals surface area contributed by atoms with Gasteiger partial charge in [-0.1, -0.05) is 12.1 Å². The van der Waals surface area contributed by atoms with Crippen molar-refractivity contribution in [3.8, 4) is 34.1 Å². The van der Waals surface area contributed by atoms with Crippen molar-refractivity contribution in [2.45, 2.75) is 13.2 Å². The van der Waals surface area contributed by atoms with E-state index >= 15 is 0 Å². The molecule has 2 aliphatic rings. The maximum absolute atomic E-state index is 6.20. The summed E-state index contributed by atoms with van der Waals surface area (Å²) in [6.45, 7) is 2.82. The molecule has 0 aromatic heterocycles. The fraction of sp³-hybridized carbons (Fsp3) is 0.304. The van der Waals surface area contributed by atoms with Gasteiger partial charge in [-0.25, -0.2) is 0 Å². The minimum absolute atomic E-state index is 0.255. The van der Waals surface area contributed by atoms with E-state index in [1.807, 2.05) is 26.1 Å². The smallest absolute Gasteiger partial charge is 0.231 e. The van der Waals surface area contributed by atoms with Crippen LogP contribution in [0.4, 0.5) is 5.69 Å². The summed E-state index contributed by atoms with van der Waals surface area (Å²) in [6, 6.07) is 12.4. The lowest BCUT2D eigenvalue weighted by Crippen LogP contribution is -2.31. The molecule has 6 heteroatoms. The van der Waals surface area contributed by atoms with Gasteiger partial charge in [0.2, 0.25) is 6.79 Å². The first-order valence-electron chi connectivity index (χ1n) is 9.64. The molecule has 0 fully saturated rings. The highest BCUT2D eigenvalue weighted by Crippen LogP contribution is 2.53. The summed E-state index contributed by atoms with van der Waals surface area (Å²) >= 11 is 0. The monoisotopic (exact) mass is 393 g/mol. The maximum Gasteiger partial charge on any atom is 0.231 e. The summed E-state index contributed by atoms with van der Waals surface area (Å²) in [6.07, 6.45) is -0.302. The average molecular weight is 393 g/mol. The molecule has 29 heavy (non-hydrogen) atoms. The first-order chi connectivity index (χ1) is 14.2. The van der Waals surface area contributed by atoms with Gasteiger partial charge in [0.1, 0.15) is 0 Å². The van der Waals surface area contributed by atoms with Crippen LogP contribution in [0.2, 0.25) is 0 Å². The predicted molar refractivity (Wildman–Crippen MR) is 111 cm³/mol. The van der Waals surface area contributed by atoms with E-state index in [0.29, 0.717) is 18.1 Å². The molecule has 2 aliphatic heterocycles. The van der Waals surface area contributed by atoms with Crippen molar-refractivity contribution in [1.29, 1.82) is 0 Å². The van der Waals surface area contributed by atoms with Crippen molar-refractivity contribution in [2.75, 3.05) is 39.6 Å². The first-order valence-corrected chi connectivity index (χ1v) is 9.64. The lowest BCUT2D eigenvalue weighted by atomic mass is 9.88. The molecular formula is C23H23NO5. The number of rotatable bonds is 4.